The van der Waals surface area contributed by atoms with Crippen molar-refractivity contribution in [3.8, 4) is 0 Å². The lowest BCUT2D eigenvalue weighted by Gasteiger charge is -2.39. The standard InChI is InChI=1S/C13H17BrN2O/c1-9-3-4-11(10(14)7-9)16-12(17)13(8-15)5-2-6-13/h3-4,7H,2,5-6,8,15H2,1H3,(H,16,17). The van der Waals surface area contributed by atoms with Crippen molar-refractivity contribution in [1.29, 1.82) is 0 Å². The lowest BCUT2D eigenvalue weighted by molar-refractivity contribution is -0.129. The summed E-state index contributed by atoms with van der Waals surface area (Å²) in [5.41, 5.74) is 7.36. The average Bonchev–Trinajstić information content (AvgIpc) is 2.21. The number of rotatable bonds is 3. The van der Waals surface area contributed by atoms with E-state index >= 15 is 0 Å². The van der Waals surface area contributed by atoms with E-state index in [4.69, 9.17) is 5.73 Å². The molecule has 3 nitrogen and oxygen atoms in total. The minimum absolute atomic E-state index is 0.0517. The van der Waals surface area contributed by atoms with E-state index in [2.05, 4.69) is 21.2 Å². The summed E-state index contributed by atoms with van der Waals surface area (Å²) in [6.07, 6.45) is 2.90. The van der Waals surface area contributed by atoms with Crippen molar-refractivity contribution in [2.24, 2.45) is 11.1 Å². The second-order valence-electron chi connectivity index (χ2n) is 4.78. The number of hydrogen-bond donors (Lipinski definition) is 2. The quantitative estimate of drug-likeness (QED) is 0.901. The molecule has 2 rings (SSSR count). The molecule has 0 radical (unpaired) electrons. The molecule has 0 atom stereocenters. The molecular weight excluding hydrogens is 280 g/mol. The summed E-state index contributed by atoms with van der Waals surface area (Å²) in [5, 5.41) is 2.97. The molecule has 0 aliphatic heterocycles. The van der Waals surface area contributed by atoms with Gasteiger partial charge in [0.05, 0.1) is 11.1 Å². The number of nitrogens with two attached hydrogens (primary N) is 1. The smallest absolute Gasteiger partial charge is 0.231 e. The van der Waals surface area contributed by atoms with Crippen molar-refractivity contribution in [1.82, 2.24) is 0 Å². The predicted molar refractivity (Wildman–Crippen MR) is 72.8 cm³/mol. The third-order valence-electron chi connectivity index (χ3n) is 3.56. The number of benzene rings is 1. The van der Waals surface area contributed by atoms with E-state index in [0.717, 1.165) is 35.0 Å². The number of halogens is 1. The van der Waals surface area contributed by atoms with Crippen molar-refractivity contribution in [2.45, 2.75) is 26.2 Å². The first kappa shape index (κ1) is 12.6. The molecule has 0 saturated heterocycles. The topological polar surface area (TPSA) is 55.1 Å². The van der Waals surface area contributed by atoms with Gasteiger partial charge in [-0.15, -0.1) is 0 Å². The predicted octanol–water partition coefficient (Wildman–Crippen LogP) is 2.83. The summed E-state index contributed by atoms with van der Waals surface area (Å²) in [4.78, 5) is 12.2. The maximum absolute atomic E-state index is 12.2. The first-order chi connectivity index (χ1) is 8.07. The third-order valence-corrected chi connectivity index (χ3v) is 4.21. The summed E-state index contributed by atoms with van der Waals surface area (Å²) in [5.74, 6) is 0.0517. The van der Waals surface area contributed by atoms with Gasteiger partial charge >= 0.3 is 0 Å². The molecule has 92 valence electrons. The van der Waals surface area contributed by atoms with Gasteiger partial charge in [0.1, 0.15) is 0 Å². The Bertz CT molecular complexity index is 436. The average molecular weight is 297 g/mol. The van der Waals surface area contributed by atoms with Crippen LogP contribution < -0.4 is 11.1 Å². The highest BCUT2D eigenvalue weighted by Crippen LogP contribution is 2.41. The Morgan fingerprint density at radius 3 is 2.71 bits per heavy atom. The van der Waals surface area contributed by atoms with Crippen LogP contribution in [0.1, 0.15) is 24.8 Å². The molecular formula is C13H17BrN2O. The molecule has 3 N–H and O–H groups in total. The molecule has 1 amide bonds. The minimum atomic E-state index is -0.329. The Hall–Kier alpha value is -0.870. The lowest BCUT2D eigenvalue weighted by atomic mass is 9.68. The number of nitrogens with one attached hydrogen (secondary N) is 1. The van der Waals surface area contributed by atoms with Crippen LogP contribution in [0.25, 0.3) is 0 Å². The SMILES string of the molecule is Cc1ccc(NC(=O)C2(CN)CCC2)c(Br)c1. The van der Waals surface area contributed by atoms with Gasteiger partial charge in [-0.05, 0) is 53.4 Å². The van der Waals surface area contributed by atoms with Crippen molar-refractivity contribution >= 4 is 27.5 Å². The molecule has 0 aromatic heterocycles. The number of anilines is 1. The van der Waals surface area contributed by atoms with Crippen LogP contribution in [0.5, 0.6) is 0 Å². The first-order valence-electron chi connectivity index (χ1n) is 5.85. The zero-order valence-electron chi connectivity index (χ0n) is 9.92. The van der Waals surface area contributed by atoms with Gasteiger partial charge in [0.15, 0.2) is 0 Å². The van der Waals surface area contributed by atoms with E-state index in [9.17, 15) is 4.79 Å². The van der Waals surface area contributed by atoms with Crippen LogP contribution in [-0.2, 0) is 4.79 Å². The Morgan fingerprint density at radius 1 is 1.53 bits per heavy atom. The van der Waals surface area contributed by atoms with E-state index in [-0.39, 0.29) is 11.3 Å². The van der Waals surface area contributed by atoms with Gasteiger partial charge in [0, 0.05) is 11.0 Å². The fourth-order valence-electron chi connectivity index (χ4n) is 2.10. The maximum Gasteiger partial charge on any atom is 0.231 e. The molecule has 0 unspecified atom stereocenters. The van der Waals surface area contributed by atoms with E-state index in [0.29, 0.717) is 6.54 Å². The number of aryl methyl sites for hydroxylation is 1. The molecule has 0 bridgehead atoms. The van der Waals surface area contributed by atoms with E-state index < -0.39 is 0 Å². The number of hydrogen-bond acceptors (Lipinski definition) is 2. The summed E-state index contributed by atoms with van der Waals surface area (Å²) in [6, 6.07) is 5.89. The zero-order chi connectivity index (χ0) is 12.5. The van der Waals surface area contributed by atoms with Crippen LogP contribution in [0.15, 0.2) is 22.7 Å². The Labute approximate surface area is 110 Å². The van der Waals surface area contributed by atoms with Crippen molar-refractivity contribution in [3.63, 3.8) is 0 Å². The molecule has 1 aromatic rings. The maximum atomic E-state index is 12.2. The summed E-state index contributed by atoms with van der Waals surface area (Å²) >= 11 is 3.46. The van der Waals surface area contributed by atoms with Crippen LogP contribution >= 0.6 is 15.9 Å². The Kier molecular flexibility index (Phi) is 3.54. The lowest BCUT2D eigenvalue weighted by Crippen LogP contribution is -2.47. The summed E-state index contributed by atoms with van der Waals surface area (Å²) in [7, 11) is 0. The third kappa shape index (κ3) is 2.38. The highest BCUT2D eigenvalue weighted by molar-refractivity contribution is 9.10. The second kappa shape index (κ2) is 4.78. The monoisotopic (exact) mass is 296 g/mol. The van der Waals surface area contributed by atoms with E-state index in [1.54, 1.807) is 0 Å². The Morgan fingerprint density at radius 2 is 2.24 bits per heavy atom. The fourth-order valence-corrected chi connectivity index (χ4v) is 2.70. The molecule has 1 fully saturated rings. The van der Waals surface area contributed by atoms with Gasteiger partial charge in [-0.1, -0.05) is 12.5 Å². The molecule has 1 aliphatic carbocycles. The van der Waals surface area contributed by atoms with E-state index in [1.807, 2.05) is 25.1 Å². The number of amides is 1. The molecule has 0 spiro atoms. The van der Waals surface area contributed by atoms with Crippen LogP contribution in [0.2, 0.25) is 0 Å². The molecule has 4 heteroatoms. The number of carbonyl (C=O) groups excluding carboxylic acids is 1. The van der Waals surface area contributed by atoms with Gasteiger partial charge < -0.3 is 11.1 Å². The fraction of sp³-hybridized carbons (Fsp3) is 0.462. The minimum Gasteiger partial charge on any atom is -0.329 e. The van der Waals surface area contributed by atoms with Gasteiger partial charge in [0.2, 0.25) is 5.91 Å². The second-order valence-corrected chi connectivity index (χ2v) is 5.63. The molecule has 0 heterocycles. The van der Waals surface area contributed by atoms with Crippen molar-refractivity contribution < 1.29 is 4.79 Å². The highest BCUT2D eigenvalue weighted by atomic mass is 79.9. The van der Waals surface area contributed by atoms with Gasteiger partial charge in [0.25, 0.3) is 0 Å². The van der Waals surface area contributed by atoms with Crippen LogP contribution in [-0.4, -0.2) is 12.5 Å². The van der Waals surface area contributed by atoms with Crippen molar-refractivity contribution in [3.05, 3.63) is 28.2 Å². The Balaban J connectivity index is 2.13. The van der Waals surface area contributed by atoms with Crippen LogP contribution in [0, 0.1) is 12.3 Å². The van der Waals surface area contributed by atoms with E-state index in [1.165, 1.54) is 0 Å². The van der Waals surface area contributed by atoms with Crippen molar-refractivity contribution in [2.75, 3.05) is 11.9 Å². The zero-order valence-corrected chi connectivity index (χ0v) is 11.5. The highest BCUT2D eigenvalue weighted by Gasteiger charge is 2.42. The molecule has 1 aliphatic rings. The number of carbonyl (C=O) groups is 1. The molecule has 1 saturated carbocycles. The summed E-state index contributed by atoms with van der Waals surface area (Å²) < 4.78 is 0.914. The molecule has 17 heavy (non-hydrogen) atoms. The van der Waals surface area contributed by atoms with Crippen LogP contribution in [0.3, 0.4) is 0 Å². The normalized spacial score (nSPS) is 17.4. The molecule has 1 aromatic carbocycles. The first-order valence-corrected chi connectivity index (χ1v) is 6.64. The van der Waals surface area contributed by atoms with Gasteiger partial charge in [-0.2, -0.15) is 0 Å². The summed E-state index contributed by atoms with van der Waals surface area (Å²) in [6.45, 7) is 2.45. The van der Waals surface area contributed by atoms with Gasteiger partial charge in [-0.3, -0.25) is 4.79 Å². The largest absolute Gasteiger partial charge is 0.329 e. The van der Waals surface area contributed by atoms with Crippen LogP contribution in [0.4, 0.5) is 5.69 Å². The van der Waals surface area contributed by atoms with Gasteiger partial charge in [-0.25, -0.2) is 0 Å².